The SMILES string of the molecule is Cc1cc(C)nc(N2C3CC2CN(c2ccnc(C)n2)C3)n1. The normalized spacial score (nSPS) is 23.4. The molecule has 3 fully saturated rings. The second kappa shape index (κ2) is 4.90. The van der Waals surface area contributed by atoms with Gasteiger partial charge in [-0.3, -0.25) is 0 Å². The molecule has 0 saturated carbocycles. The van der Waals surface area contributed by atoms with Crippen molar-refractivity contribution in [2.24, 2.45) is 0 Å². The predicted octanol–water partition coefficient (Wildman–Crippen LogP) is 1.66. The summed E-state index contributed by atoms with van der Waals surface area (Å²) in [7, 11) is 0. The van der Waals surface area contributed by atoms with Crippen molar-refractivity contribution in [2.45, 2.75) is 39.3 Å². The summed E-state index contributed by atoms with van der Waals surface area (Å²) in [6, 6.07) is 4.98. The first-order chi connectivity index (χ1) is 10.6. The lowest BCUT2D eigenvalue weighted by Gasteiger charge is -2.56. The molecule has 0 amide bonds. The van der Waals surface area contributed by atoms with Crippen molar-refractivity contribution in [3.8, 4) is 0 Å². The molecule has 0 aromatic carbocycles. The predicted molar refractivity (Wildman–Crippen MR) is 85.2 cm³/mol. The highest BCUT2D eigenvalue weighted by Crippen LogP contribution is 2.36. The van der Waals surface area contributed by atoms with Gasteiger partial charge in [0.2, 0.25) is 5.95 Å². The molecule has 2 aromatic heterocycles. The zero-order chi connectivity index (χ0) is 15.3. The van der Waals surface area contributed by atoms with Crippen LogP contribution in [0.3, 0.4) is 0 Å². The summed E-state index contributed by atoms with van der Waals surface area (Å²) >= 11 is 0. The maximum absolute atomic E-state index is 4.62. The fraction of sp³-hybridized carbons (Fsp3) is 0.500. The van der Waals surface area contributed by atoms with Crippen LogP contribution in [0.2, 0.25) is 0 Å². The second-order valence-corrected chi connectivity index (χ2v) is 6.27. The standard InChI is InChI=1S/C16H20N6/c1-10-6-11(2)19-16(18-10)22-13-7-14(22)9-21(8-13)15-4-5-17-12(3)20-15/h4-6,13-14H,7-9H2,1-3H3. The monoisotopic (exact) mass is 296 g/mol. The van der Waals surface area contributed by atoms with Crippen LogP contribution in [0, 0.1) is 20.8 Å². The number of fused-ring (bicyclic) bond motifs is 2. The molecule has 0 radical (unpaired) electrons. The van der Waals surface area contributed by atoms with Crippen LogP contribution in [0.4, 0.5) is 11.8 Å². The number of nitrogens with zero attached hydrogens (tertiary/aromatic N) is 6. The van der Waals surface area contributed by atoms with Gasteiger partial charge in [-0.25, -0.2) is 19.9 Å². The number of hydrogen-bond donors (Lipinski definition) is 0. The Kier molecular flexibility index (Phi) is 2.99. The van der Waals surface area contributed by atoms with Crippen molar-refractivity contribution in [3.05, 3.63) is 35.5 Å². The highest BCUT2D eigenvalue weighted by molar-refractivity contribution is 5.49. The lowest BCUT2D eigenvalue weighted by atomic mass is 9.88. The number of hydrogen-bond acceptors (Lipinski definition) is 6. The molecular weight excluding hydrogens is 276 g/mol. The van der Waals surface area contributed by atoms with Gasteiger partial charge in [-0.05, 0) is 39.3 Å². The van der Waals surface area contributed by atoms with Crippen LogP contribution in [0.15, 0.2) is 18.3 Å². The molecular formula is C16H20N6. The lowest BCUT2D eigenvalue weighted by Crippen LogP contribution is -2.69. The van der Waals surface area contributed by atoms with Gasteiger partial charge >= 0.3 is 0 Å². The largest absolute Gasteiger partial charge is 0.352 e. The van der Waals surface area contributed by atoms with E-state index in [1.54, 1.807) is 0 Å². The molecule has 5 rings (SSSR count). The first-order valence-corrected chi connectivity index (χ1v) is 7.75. The van der Waals surface area contributed by atoms with Gasteiger partial charge in [0.25, 0.3) is 0 Å². The van der Waals surface area contributed by atoms with E-state index in [1.807, 2.05) is 39.1 Å². The highest BCUT2D eigenvalue weighted by Gasteiger charge is 2.46. The van der Waals surface area contributed by atoms with E-state index < -0.39 is 0 Å². The van der Waals surface area contributed by atoms with Gasteiger partial charge in [-0.2, -0.15) is 0 Å². The van der Waals surface area contributed by atoms with Crippen molar-refractivity contribution in [2.75, 3.05) is 22.9 Å². The molecule has 0 spiro atoms. The van der Waals surface area contributed by atoms with Crippen LogP contribution in [0.1, 0.15) is 23.6 Å². The minimum Gasteiger partial charge on any atom is -0.352 e. The minimum atomic E-state index is 0.482. The minimum absolute atomic E-state index is 0.482. The molecule has 3 aliphatic rings. The Morgan fingerprint density at radius 2 is 1.68 bits per heavy atom. The second-order valence-electron chi connectivity index (χ2n) is 6.27. The molecule has 2 bridgehead atoms. The number of piperidine rings is 1. The lowest BCUT2D eigenvalue weighted by molar-refractivity contribution is 0.284. The summed E-state index contributed by atoms with van der Waals surface area (Å²) < 4.78 is 0. The fourth-order valence-corrected chi connectivity index (χ4v) is 3.57. The van der Waals surface area contributed by atoms with E-state index in [4.69, 9.17) is 0 Å². The van der Waals surface area contributed by atoms with Crippen molar-refractivity contribution >= 4 is 11.8 Å². The Bertz CT molecular complexity index is 683. The van der Waals surface area contributed by atoms with E-state index in [0.29, 0.717) is 12.1 Å². The molecule has 3 aliphatic heterocycles. The van der Waals surface area contributed by atoms with Gasteiger partial charge in [0.05, 0.1) is 12.1 Å². The maximum atomic E-state index is 4.62. The van der Waals surface area contributed by atoms with E-state index in [-0.39, 0.29) is 0 Å². The Balaban J connectivity index is 1.55. The van der Waals surface area contributed by atoms with Crippen molar-refractivity contribution in [1.82, 2.24) is 19.9 Å². The van der Waals surface area contributed by atoms with Gasteiger partial charge < -0.3 is 9.80 Å². The molecule has 3 saturated heterocycles. The van der Waals surface area contributed by atoms with E-state index >= 15 is 0 Å². The smallest absolute Gasteiger partial charge is 0.226 e. The van der Waals surface area contributed by atoms with E-state index in [2.05, 4.69) is 29.7 Å². The quantitative estimate of drug-likeness (QED) is 0.840. The van der Waals surface area contributed by atoms with E-state index in [1.165, 1.54) is 6.42 Å². The summed E-state index contributed by atoms with van der Waals surface area (Å²) in [6.45, 7) is 7.95. The summed E-state index contributed by atoms with van der Waals surface area (Å²) in [5.74, 6) is 2.74. The van der Waals surface area contributed by atoms with Crippen LogP contribution in [0.25, 0.3) is 0 Å². The van der Waals surface area contributed by atoms with Crippen LogP contribution in [-0.2, 0) is 0 Å². The number of aryl methyl sites for hydroxylation is 3. The first kappa shape index (κ1) is 13.4. The third-order valence-corrected chi connectivity index (χ3v) is 4.48. The third kappa shape index (κ3) is 2.19. The van der Waals surface area contributed by atoms with Gasteiger partial charge in [0.1, 0.15) is 11.6 Å². The van der Waals surface area contributed by atoms with Gasteiger partial charge in [-0.15, -0.1) is 0 Å². The summed E-state index contributed by atoms with van der Waals surface area (Å²) in [5, 5.41) is 0. The average molecular weight is 296 g/mol. The summed E-state index contributed by atoms with van der Waals surface area (Å²) in [6.07, 6.45) is 3.06. The van der Waals surface area contributed by atoms with E-state index in [0.717, 1.165) is 42.1 Å². The third-order valence-electron chi connectivity index (χ3n) is 4.48. The maximum Gasteiger partial charge on any atom is 0.226 e. The zero-order valence-electron chi connectivity index (χ0n) is 13.2. The molecule has 0 N–H and O–H groups in total. The van der Waals surface area contributed by atoms with Crippen molar-refractivity contribution in [3.63, 3.8) is 0 Å². The molecule has 2 atom stereocenters. The Hall–Kier alpha value is -2.24. The van der Waals surface area contributed by atoms with Crippen LogP contribution in [-0.4, -0.2) is 45.1 Å². The number of piperazine rings is 1. The topological polar surface area (TPSA) is 58.0 Å². The van der Waals surface area contributed by atoms with Gasteiger partial charge in [0.15, 0.2) is 0 Å². The first-order valence-electron chi connectivity index (χ1n) is 7.75. The number of rotatable bonds is 2. The summed E-state index contributed by atoms with van der Waals surface area (Å²) in [5.41, 5.74) is 2.08. The molecule has 22 heavy (non-hydrogen) atoms. The molecule has 0 aliphatic carbocycles. The van der Waals surface area contributed by atoms with Gasteiger partial charge in [0, 0.05) is 30.7 Å². The van der Waals surface area contributed by atoms with E-state index in [9.17, 15) is 0 Å². The van der Waals surface area contributed by atoms with Crippen LogP contribution >= 0.6 is 0 Å². The van der Waals surface area contributed by atoms with Crippen molar-refractivity contribution < 1.29 is 0 Å². The molecule has 5 heterocycles. The van der Waals surface area contributed by atoms with Gasteiger partial charge in [-0.1, -0.05) is 0 Å². The summed E-state index contributed by atoms with van der Waals surface area (Å²) in [4.78, 5) is 22.7. The molecule has 2 aromatic rings. The number of aromatic nitrogens is 4. The number of anilines is 2. The molecule has 6 nitrogen and oxygen atoms in total. The zero-order valence-corrected chi connectivity index (χ0v) is 13.2. The fourth-order valence-electron chi connectivity index (χ4n) is 3.57. The molecule has 6 heteroatoms. The van der Waals surface area contributed by atoms with Crippen LogP contribution < -0.4 is 9.80 Å². The molecule has 2 unspecified atom stereocenters. The molecule has 114 valence electrons. The highest BCUT2D eigenvalue weighted by atomic mass is 15.4. The Morgan fingerprint density at radius 3 is 2.32 bits per heavy atom. The Morgan fingerprint density at radius 1 is 1.00 bits per heavy atom. The average Bonchev–Trinajstić information content (AvgIpc) is 2.46. The Labute approximate surface area is 130 Å². The van der Waals surface area contributed by atoms with Crippen molar-refractivity contribution in [1.29, 1.82) is 0 Å². The van der Waals surface area contributed by atoms with Crippen LogP contribution in [0.5, 0.6) is 0 Å².